The van der Waals surface area contributed by atoms with Crippen molar-refractivity contribution >= 4 is 17.5 Å². The molecule has 0 saturated heterocycles. The fourth-order valence-corrected chi connectivity index (χ4v) is 4.37. The van der Waals surface area contributed by atoms with E-state index in [9.17, 15) is 14.7 Å². The standard InChI is InChI=1S/C26H43N3O5/c1-6-7-12-28-25(32)18(2)13-22(30)20(27)14-26(3,4)15-24(31)29-16-19(17-33-5)34-23-11-9-8-10-21(23)29/h8-11,18-20,22,30H,6-7,12-17,27H2,1-5H3,(H,28,32)/t18-,19-,20+,22+/m1/s1. The quantitative estimate of drug-likeness (QED) is 0.377. The van der Waals surface area contributed by atoms with Crippen molar-refractivity contribution < 1.29 is 24.2 Å². The van der Waals surface area contributed by atoms with Crippen LogP contribution >= 0.6 is 0 Å². The molecule has 8 nitrogen and oxygen atoms in total. The molecule has 1 aliphatic heterocycles. The number of methoxy groups -OCH3 is 1. The van der Waals surface area contributed by atoms with Crippen LogP contribution in [0.15, 0.2) is 24.3 Å². The summed E-state index contributed by atoms with van der Waals surface area (Å²) in [7, 11) is 1.61. The molecule has 4 atom stereocenters. The molecule has 0 saturated carbocycles. The SMILES string of the molecule is CCCCNC(=O)[C@H](C)C[C@H](O)[C@@H](N)CC(C)(C)CC(=O)N1C[C@H](COC)Oc2ccccc21. The Labute approximate surface area is 204 Å². The second kappa shape index (κ2) is 13.1. The minimum atomic E-state index is -0.823. The van der Waals surface area contributed by atoms with Crippen LogP contribution in [0.25, 0.3) is 0 Å². The first kappa shape index (κ1) is 28.1. The fourth-order valence-electron chi connectivity index (χ4n) is 4.37. The first-order valence-corrected chi connectivity index (χ1v) is 12.3. The number of carbonyl (C=O) groups is 2. The molecule has 1 aromatic rings. The largest absolute Gasteiger partial charge is 0.484 e. The topological polar surface area (TPSA) is 114 Å². The molecule has 192 valence electrons. The number of para-hydroxylation sites is 2. The highest BCUT2D eigenvalue weighted by molar-refractivity contribution is 5.95. The predicted molar refractivity (Wildman–Crippen MR) is 134 cm³/mol. The van der Waals surface area contributed by atoms with Gasteiger partial charge in [-0.2, -0.15) is 0 Å². The van der Waals surface area contributed by atoms with Crippen molar-refractivity contribution in [3.8, 4) is 5.75 Å². The van der Waals surface area contributed by atoms with Gasteiger partial charge in [-0.3, -0.25) is 9.59 Å². The lowest BCUT2D eigenvalue weighted by molar-refractivity contribution is -0.125. The van der Waals surface area contributed by atoms with Crippen LogP contribution in [0, 0.1) is 11.3 Å². The van der Waals surface area contributed by atoms with Crippen molar-refractivity contribution in [3.63, 3.8) is 0 Å². The van der Waals surface area contributed by atoms with Crippen molar-refractivity contribution in [2.45, 2.75) is 78.0 Å². The Kier molecular flexibility index (Phi) is 10.8. The number of carbonyl (C=O) groups excluding carboxylic acids is 2. The summed E-state index contributed by atoms with van der Waals surface area (Å²) in [5, 5.41) is 13.5. The number of amides is 2. The van der Waals surface area contributed by atoms with Gasteiger partial charge in [-0.25, -0.2) is 0 Å². The van der Waals surface area contributed by atoms with Crippen LogP contribution in [0.2, 0.25) is 0 Å². The third kappa shape index (κ3) is 8.25. The van der Waals surface area contributed by atoms with Crippen LogP contribution < -0.4 is 20.7 Å². The van der Waals surface area contributed by atoms with E-state index < -0.39 is 17.6 Å². The summed E-state index contributed by atoms with van der Waals surface area (Å²) < 4.78 is 11.2. The molecule has 1 aliphatic rings. The minimum Gasteiger partial charge on any atom is -0.484 e. The molecular weight excluding hydrogens is 434 g/mol. The van der Waals surface area contributed by atoms with Crippen molar-refractivity contribution in [1.82, 2.24) is 5.32 Å². The molecule has 0 aliphatic carbocycles. The van der Waals surface area contributed by atoms with Gasteiger partial charge in [0.1, 0.15) is 11.9 Å². The molecule has 4 N–H and O–H groups in total. The lowest BCUT2D eigenvalue weighted by Gasteiger charge is -2.37. The summed E-state index contributed by atoms with van der Waals surface area (Å²) in [6.45, 7) is 9.29. The third-order valence-electron chi connectivity index (χ3n) is 6.27. The lowest BCUT2D eigenvalue weighted by Crippen LogP contribution is -2.47. The van der Waals surface area contributed by atoms with Crippen LogP contribution in [-0.4, -0.2) is 62.0 Å². The molecular formula is C26H43N3O5. The highest BCUT2D eigenvalue weighted by Crippen LogP contribution is 2.36. The molecule has 0 fully saturated rings. The first-order valence-electron chi connectivity index (χ1n) is 12.3. The second-order valence-corrected chi connectivity index (χ2v) is 10.2. The smallest absolute Gasteiger partial charge is 0.227 e. The molecule has 1 aromatic carbocycles. The van der Waals surface area contributed by atoms with E-state index in [1.54, 1.807) is 18.9 Å². The molecule has 0 bridgehead atoms. The number of ether oxygens (including phenoxy) is 2. The number of anilines is 1. The van der Waals surface area contributed by atoms with E-state index in [1.807, 2.05) is 38.1 Å². The minimum absolute atomic E-state index is 0.0211. The van der Waals surface area contributed by atoms with Crippen molar-refractivity contribution in [2.24, 2.45) is 17.1 Å². The normalized spacial score (nSPS) is 18.4. The molecule has 0 radical (unpaired) electrons. The molecule has 0 unspecified atom stereocenters. The fraction of sp³-hybridized carbons (Fsp3) is 0.692. The van der Waals surface area contributed by atoms with E-state index in [1.165, 1.54) is 0 Å². The number of nitrogens with one attached hydrogen (secondary N) is 1. The maximum absolute atomic E-state index is 13.3. The average molecular weight is 478 g/mol. The van der Waals surface area contributed by atoms with Gasteiger partial charge in [0.2, 0.25) is 11.8 Å². The Morgan fingerprint density at radius 2 is 2.06 bits per heavy atom. The van der Waals surface area contributed by atoms with E-state index in [-0.39, 0.29) is 30.3 Å². The van der Waals surface area contributed by atoms with E-state index in [2.05, 4.69) is 12.2 Å². The van der Waals surface area contributed by atoms with Gasteiger partial charge in [-0.05, 0) is 36.8 Å². The average Bonchev–Trinajstić information content (AvgIpc) is 2.78. The number of hydrogen-bond donors (Lipinski definition) is 3. The Bertz CT molecular complexity index is 800. The number of aliphatic hydroxyl groups excluding tert-OH is 1. The van der Waals surface area contributed by atoms with Crippen molar-refractivity contribution in [2.75, 3.05) is 31.7 Å². The molecule has 0 aromatic heterocycles. The van der Waals surface area contributed by atoms with Gasteiger partial charge in [0.15, 0.2) is 0 Å². The summed E-state index contributed by atoms with van der Waals surface area (Å²) in [5.74, 6) is 0.253. The summed E-state index contributed by atoms with van der Waals surface area (Å²) in [6.07, 6.45) is 1.91. The molecule has 2 amide bonds. The van der Waals surface area contributed by atoms with Gasteiger partial charge in [-0.15, -0.1) is 0 Å². The van der Waals surface area contributed by atoms with E-state index >= 15 is 0 Å². The number of hydrogen-bond acceptors (Lipinski definition) is 6. The first-order chi connectivity index (χ1) is 16.1. The number of aliphatic hydroxyl groups is 1. The van der Waals surface area contributed by atoms with Crippen LogP contribution in [0.1, 0.15) is 59.8 Å². The van der Waals surface area contributed by atoms with Gasteiger partial charge < -0.3 is 30.5 Å². The van der Waals surface area contributed by atoms with Crippen molar-refractivity contribution in [3.05, 3.63) is 24.3 Å². The highest BCUT2D eigenvalue weighted by atomic mass is 16.5. The van der Waals surface area contributed by atoms with Gasteiger partial charge in [0, 0.05) is 32.0 Å². The maximum Gasteiger partial charge on any atom is 0.227 e. The Balaban J connectivity index is 1.95. The number of unbranched alkanes of at least 4 members (excludes halogenated alkanes) is 1. The van der Waals surface area contributed by atoms with Gasteiger partial charge in [0.25, 0.3) is 0 Å². The van der Waals surface area contributed by atoms with Gasteiger partial charge in [-0.1, -0.05) is 46.2 Å². The number of nitrogens with zero attached hydrogens (tertiary/aromatic N) is 1. The zero-order chi connectivity index (χ0) is 25.3. The molecule has 2 rings (SSSR count). The Morgan fingerprint density at radius 1 is 1.35 bits per heavy atom. The Morgan fingerprint density at radius 3 is 2.74 bits per heavy atom. The van der Waals surface area contributed by atoms with E-state index in [0.29, 0.717) is 38.3 Å². The van der Waals surface area contributed by atoms with Crippen LogP contribution in [0.4, 0.5) is 5.69 Å². The van der Waals surface area contributed by atoms with Crippen LogP contribution in [0.3, 0.4) is 0 Å². The summed E-state index contributed by atoms with van der Waals surface area (Å²) >= 11 is 0. The van der Waals surface area contributed by atoms with Crippen molar-refractivity contribution in [1.29, 1.82) is 0 Å². The third-order valence-corrected chi connectivity index (χ3v) is 6.27. The van der Waals surface area contributed by atoms with Gasteiger partial charge >= 0.3 is 0 Å². The number of rotatable bonds is 13. The summed E-state index contributed by atoms with van der Waals surface area (Å²) in [5.41, 5.74) is 6.64. The lowest BCUT2D eigenvalue weighted by atomic mass is 9.80. The Hall–Kier alpha value is -2.16. The number of fused-ring (bicyclic) bond motifs is 1. The maximum atomic E-state index is 13.3. The zero-order valence-electron chi connectivity index (χ0n) is 21.4. The number of benzene rings is 1. The number of nitrogens with two attached hydrogens (primary N) is 1. The molecule has 0 spiro atoms. The highest BCUT2D eigenvalue weighted by Gasteiger charge is 2.34. The monoisotopic (exact) mass is 477 g/mol. The van der Waals surface area contributed by atoms with Crippen LogP contribution in [-0.2, 0) is 14.3 Å². The zero-order valence-corrected chi connectivity index (χ0v) is 21.4. The molecule has 34 heavy (non-hydrogen) atoms. The summed E-state index contributed by atoms with van der Waals surface area (Å²) in [6, 6.07) is 6.97. The van der Waals surface area contributed by atoms with Crippen LogP contribution in [0.5, 0.6) is 5.75 Å². The molecule has 8 heteroatoms. The molecule has 1 heterocycles. The predicted octanol–water partition coefficient (Wildman–Crippen LogP) is 2.86. The van der Waals surface area contributed by atoms with E-state index in [0.717, 1.165) is 18.5 Å². The van der Waals surface area contributed by atoms with E-state index in [4.69, 9.17) is 15.2 Å². The second-order valence-electron chi connectivity index (χ2n) is 10.2. The summed E-state index contributed by atoms with van der Waals surface area (Å²) in [4.78, 5) is 27.3. The van der Waals surface area contributed by atoms with Gasteiger partial charge in [0.05, 0.1) is 24.9 Å².